The van der Waals surface area contributed by atoms with Crippen molar-refractivity contribution in [2.75, 3.05) is 13.2 Å². The molecule has 0 aliphatic rings. The van der Waals surface area contributed by atoms with Gasteiger partial charge in [-0.3, -0.25) is 0 Å². The van der Waals surface area contributed by atoms with Crippen LogP contribution in [0.1, 0.15) is 31.9 Å². The molecule has 2 N–H and O–H groups in total. The van der Waals surface area contributed by atoms with E-state index in [1.54, 1.807) is 12.1 Å². The van der Waals surface area contributed by atoms with E-state index in [-0.39, 0.29) is 24.4 Å². The smallest absolute Gasteiger partial charge is 0.127 e. The average molecular weight is 225 g/mol. The van der Waals surface area contributed by atoms with Crippen molar-refractivity contribution >= 4 is 0 Å². The maximum Gasteiger partial charge on any atom is 0.127 e. The van der Waals surface area contributed by atoms with Crippen molar-refractivity contribution in [2.24, 2.45) is 5.92 Å². The summed E-state index contributed by atoms with van der Waals surface area (Å²) in [6.07, 6.45) is 0.832. The summed E-state index contributed by atoms with van der Waals surface area (Å²) in [6.45, 7) is 4.83. The first-order valence-electron chi connectivity index (χ1n) is 5.77. The topological polar surface area (TPSA) is 32.3 Å². The van der Waals surface area contributed by atoms with Crippen molar-refractivity contribution in [1.82, 2.24) is 5.32 Å². The van der Waals surface area contributed by atoms with Crippen molar-refractivity contribution in [3.05, 3.63) is 35.6 Å². The standard InChI is InChI=1S/C13H20FNO/c1-3-13(15-8-10(2)9-16)11-6-4-5-7-12(11)14/h4-7,10,13,15-16H,3,8-9H2,1-2H3. The Kier molecular flexibility index (Phi) is 5.43. The van der Waals surface area contributed by atoms with Gasteiger partial charge in [0.25, 0.3) is 0 Å². The third-order valence-electron chi connectivity index (χ3n) is 2.71. The summed E-state index contributed by atoms with van der Waals surface area (Å²) in [6, 6.07) is 6.85. The second-order valence-electron chi connectivity index (χ2n) is 4.18. The molecule has 0 spiro atoms. The molecule has 1 aromatic carbocycles. The summed E-state index contributed by atoms with van der Waals surface area (Å²) in [7, 11) is 0. The van der Waals surface area contributed by atoms with Crippen LogP contribution in [0.15, 0.2) is 24.3 Å². The lowest BCUT2D eigenvalue weighted by Crippen LogP contribution is -2.28. The van der Waals surface area contributed by atoms with Gasteiger partial charge in [0.1, 0.15) is 5.82 Å². The molecule has 3 heteroatoms. The molecule has 2 nitrogen and oxygen atoms in total. The lowest BCUT2D eigenvalue weighted by molar-refractivity contribution is 0.229. The van der Waals surface area contributed by atoms with E-state index in [1.165, 1.54) is 6.07 Å². The van der Waals surface area contributed by atoms with Gasteiger partial charge in [0, 0.05) is 24.8 Å². The van der Waals surface area contributed by atoms with Crippen LogP contribution < -0.4 is 5.32 Å². The fourth-order valence-corrected chi connectivity index (χ4v) is 1.64. The van der Waals surface area contributed by atoms with E-state index in [2.05, 4.69) is 5.32 Å². The summed E-state index contributed by atoms with van der Waals surface area (Å²) >= 11 is 0. The third kappa shape index (κ3) is 3.58. The molecule has 90 valence electrons. The Balaban J connectivity index is 2.64. The molecule has 0 saturated heterocycles. The molecule has 2 unspecified atom stereocenters. The Labute approximate surface area is 96.5 Å². The van der Waals surface area contributed by atoms with Gasteiger partial charge in [0.05, 0.1) is 0 Å². The molecular weight excluding hydrogens is 205 g/mol. The highest BCUT2D eigenvalue weighted by Gasteiger charge is 2.13. The molecular formula is C13H20FNO. The first-order chi connectivity index (χ1) is 7.69. The van der Waals surface area contributed by atoms with E-state index in [0.717, 1.165) is 6.42 Å². The Morgan fingerprint density at radius 1 is 1.38 bits per heavy atom. The van der Waals surface area contributed by atoms with Crippen LogP contribution in [0, 0.1) is 11.7 Å². The summed E-state index contributed by atoms with van der Waals surface area (Å²) in [5.41, 5.74) is 0.704. The Morgan fingerprint density at radius 2 is 2.06 bits per heavy atom. The van der Waals surface area contributed by atoms with E-state index in [1.807, 2.05) is 19.9 Å². The average Bonchev–Trinajstić information content (AvgIpc) is 2.31. The maximum absolute atomic E-state index is 13.5. The van der Waals surface area contributed by atoms with Crippen LogP contribution in [0.2, 0.25) is 0 Å². The first-order valence-corrected chi connectivity index (χ1v) is 5.77. The Bertz CT molecular complexity index is 317. The van der Waals surface area contributed by atoms with E-state index < -0.39 is 0 Å². The summed E-state index contributed by atoms with van der Waals surface area (Å²) in [5.74, 6) is 0.0272. The highest BCUT2D eigenvalue weighted by Crippen LogP contribution is 2.19. The van der Waals surface area contributed by atoms with E-state index in [9.17, 15) is 4.39 Å². The molecule has 0 aromatic heterocycles. The minimum atomic E-state index is -0.168. The highest BCUT2D eigenvalue weighted by atomic mass is 19.1. The predicted octanol–water partition coefficient (Wildman–Crippen LogP) is 2.49. The molecule has 0 radical (unpaired) electrons. The summed E-state index contributed by atoms with van der Waals surface area (Å²) in [4.78, 5) is 0. The molecule has 0 aliphatic heterocycles. The molecule has 0 bridgehead atoms. The number of aliphatic hydroxyl groups is 1. The van der Waals surface area contributed by atoms with Gasteiger partial charge in [0.15, 0.2) is 0 Å². The van der Waals surface area contributed by atoms with Gasteiger partial charge in [-0.05, 0) is 18.4 Å². The molecule has 1 rings (SSSR count). The number of hydrogen-bond acceptors (Lipinski definition) is 2. The Morgan fingerprint density at radius 3 is 2.62 bits per heavy atom. The number of benzene rings is 1. The van der Waals surface area contributed by atoms with Crippen LogP contribution in [-0.4, -0.2) is 18.3 Å². The fourth-order valence-electron chi connectivity index (χ4n) is 1.64. The van der Waals surface area contributed by atoms with Gasteiger partial charge < -0.3 is 10.4 Å². The molecule has 2 atom stereocenters. The lowest BCUT2D eigenvalue weighted by atomic mass is 10.0. The summed E-state index contributed by atoms with van der Waals surface area (Å²) < 4.78 is 13.5. The third-order valence-corrected chi connectivity index (χ3v) is 2.71. The van der Waals surface area contributed by atoms with Gasteiger partial charge in [-0.25, -0.2) is 4.39 Å². The monoisotopic (exact) mass is 225 g/mol. The van der Waals surface area contributed by atoms with Gasteiger partial charge in [0.2, 0.25) is 0 Å². The molecule has 0 heterocycles. The molecule has 0 amide bonds. The second kappa shape index (κ2) is 6.61. The van der Waals surface area contributed by atoms with Crippen molar-refractivity contribution in [3.63, 3.8) is 0 Å². The SMILES string of the molecule is CCC(NCC(C)CO)c1ccccc1F. The van der Waals surface area contributed by atoms with Gasteiger partial charge in [-0.15, -0.1) is 0 Å². The first kappa shape index (κ1) is 13.1. The van der Waals surface area contributed by atoms with Crippen molar-refractivity contribution in [3.8, 4) is 0 Å². The zero-order valence-electron chi connectivity index (χ0n) is 9.91. The summed E-state index contributed by atoms with van der Waals surface area (Å²) in [5, 5.41) is 12.2. The second-order valence-corrected chi connectivity index (χ2v) is 4.18. The van der Waals surface area contributed by atoms with Crippen LogP contribution >= 0.6 is 0 Å². The van der Waals surface area contributed by atoms with Crippen LogP contribution in [0.3, 0.4) is 0 Å². The van der Waals surface area contributed by atoms with E-state index in [0.29, 0.717) is 12.1 Å². The number of nitrogens with one attached hydrogen (secondary N) is 1. The molecule has 1 aromatic rings. The van der Waals surface area contributed by atoms with Crippen molar-refractivity contribution in [2.45, 2.75) is 26.3 Å². The van der Waals surface area contributed by atoms with E-state index >= 15 is 0 Å². The van der Waals surface area contributed by atoms with Crippen LogP contribution in [0.5, 0.6) is 0 Å². The number of rotatable bonds is 6. The maximum atomic E-state index is 13.5. The number of halogens is 1. The zero-order chi connectivity index (χ0) is 12.0. The molecule has 0 aliphatic carbocycles. The van der Waals surface area contributed by atoms with Crippen molar-refractivity contribution in [1.29, 1.82) is 0 Å². The Hall–Kier alpha value is -0.930. The lowest BCUT2D eigenvalue weighted by Gasteiger charge is -2.20. The van der Waals surface area contributed by atoms with Gasteiger partial charge in [-0.1, -0.05) is 32.0 Å². The van der Waals surface area contributed by atoms with Gasteiger partial charge >= 0.3 is 0 Å². The predicted molar refractivity (Wildman–Crippen MR) is 63.7 cm³/mol. The minimum absolute atomic E-state index is 0.0233. The van der Waals surface area contributed by atoms with Crippen LogP contribution in [-0.2, 0) is 0 Å². The quantitative estimate of drug-likeness (QED) is 0.779. The molecule has 0 saturated carbocycles. The largest absolute Gasteiger partial charge is 0.396 e. The zero-order valence-corrected chi connectivity index (χ0v) is 9.91. The fraction of sp³-hybridized carbons (Fsp3) is 0.538. The number of aliphatic hydroxyl groups excluding tert-OH is 1. The normalized spacial score (nSPS) is 14.8. The van der Waals surface area contributed by atoms with Crippen molar-refractivity contribution < 1.29 is 9.50 Å². The minimum Gasteiger partial charge on any atom is -0.396 e. The molecule has 0 fully saturated rings. The van der Waals surface area contributed by atoms with Crippen LogP contribution in [0.25, 0.3) is 0 Å². The number of hydrogen-bond donors (Lipinski definition) is 2. The van der Waals surface area contributed by atoms with E-state index in [4.69, 9.17) is 5.11 Å². The highest BCUT2D eigenvalue weighted by molar-refractivity contribution is 5.21. The van der Waals surface area contributed by atoms with Crippen LogP contribution in [0.4, 0.5) is 4.39 Å². The molecule has 16 heavy (non-hydrogen) atoms. The van der Waals surface area contributed by atoms with Gasteiger partial charge in [-0.2, -0.15) is 0 Å².